The molecule has 2 atom stereocenters. The minimum absolute atomic E-state index is 0.424. The van der Waals surface area contributed by atoms with Crippen molar-refractivity contribution in [2.24, 2.45) is 5.73 Å². The van der Waals surface area contributed by atoms with E-state index in [-0.39, 0.29) is 0 Å². The molecule has 25 heavy (non-hydrogen) atoms. The maximum Gasteiger partial charge on any atom is 0.123 e. The van der Waals surface area contributed by atoms with Crippen LogP contribution in [0.2, 0.25) is 0 Å². The average molecular weight is 338 g/mol. The first-order valence-electron chi connectivity index (χ1n) is 9.23. The van der Waals surface area contributed by atoms with Gasteiger partial charge in [0.25, 0.3) is 0 Å². The molecule has 2 unspecified atom stereocenters. The maximum atomic E-state index is 6.10. The van der Waals surface area contributed by atoms with Gasteiger partial charge in [-0.05, 0) is 49.7 Å². The third-order valence-electron chi connectivity index (χ3n) is 5.30. The third kappa shape index (κ3) is 3.51. The normalized spacial score (nSPS) is 22.6. The van der Waals surface area contributed by atoms with Crippen LogP contribution in [0.25, 0.3) is 0 Å². The van der Waals surface area contributed by atoms with Gasteiger partial charge in [-0.15, -0.1) is 0 Å². The Bertz CT molecular complexity index is 700. The Morgan fingerprint density at radius 1 is 1.12 bits per heavy atom. The fourth-order valence-electron chi connectivity index (χ4n) is 3.86. The van der Waals surface area contributed by atoms with E-state index in [2.05, 4.69) is 41.3 Å². The average Bonchev–Trinajstić information content (AvgIpc) is 2.61. The maximum absolute atomic E-state index is 6.10. The number of ether oxygens (including phenoxy) is 2. The van der Waals surface area contributed by atoms with E-state index >= 15 is 0 Å². The van der Waals surface area contributed by atoms with Crippen LogP contribution in [-0.2, 0) is 6.42 Å². The molecule has 2 aliphatic heterocycles. The Labute approximate surface area is 149 Å². The topological polar surface area (TPSA) is 47.7 Å². The first-order chi connectivity index (χ1) is 12.3. The molecule has 4 rings (SSSR count). The van der Waals surface area contributed by atoms with Crippen molar-refractivity contribution in [1.82, 2.24) is 4.90 Å². The van der Waals surface area contributed by atoms with Crippen LogP contribution < -0.4 is 15.2 Å². The van der Waals surface area contributed by atoms with E-state index in [4.69, 9.17) is 15.2 Å². The lowest BCUT2D eigenvalue weighted by molar-refractivity contribution is 0.0500. The number of fused-ring (bicyclic) bond motifs is 1. The molecule has 0 saturated carbocycles. The van der Waals surface area contributed by atoms with Gasteiger partial charge in [-0.25, -0.2) is 0 Å². The smallest absolute Gasteiger partial charge is 0.123 e. The first-order valence-corrected chi connectivity index (χ1v) is 9.23. The van der Waals surface area contributed by atoms with Crippen molar-refractivity contribution < 1.29 is 9.47 Å². The number of nitrogens with two attached hydrogens (primary N) is 1. The lowest BCUT2D eigenvalue weighted by Gasteiger charge is -2.45. The van der Waals surface area contributed by atoms with Gasteiger partial charge in [-0.1, -0.05) is 30.3 Å². The number of benzene rings is 2. The molecule has 132 valence electrons. The molecule has 1 saturated heterocycles. The summed E-state index contributed by atoms with van der Waals surface area (Å²) in [6, 6.07) is 17.4. The molecule has 2 heterocycles. The summed E-state index contributed by atoms with van der Waals surface area (Å²) in [5, 5.41) is 0. The molecule has 0 aliphatic carbocycles. The second-order valence-electron chi connectivity index (χ2n) is 6.90. The molecule has 2 aliphatic rings. The van der Waals surface area contributed by atoms with Crippen molar-refractivity contribution in [1.29, 1.82) is 0 Å². The predicted octanol–water partition coefficient (Wildman–Crippen LogP) is 2.82. The summed E-state index contributed by atoms with van der Waals surface area (Å²) >= 11 is 0. The highest BCUT2D eigenvalue weighted by Gasteiger charge is 2.37. The third-order valence-corrected chi connectivity index (χ3v) is 5.30. The fraction of sp³-hybridized carbons (Fsp3) is 0.429. The van der Waals surface area contributed by atoms with Gasteiger partial charge in [-0.3, -0.25) is 4.90 Å². The van der Waals surface area contributed by atoms with E-state index in [0.29, 0.717) is 25.1 Å². The summed E-state index contributed by atoms with van der Waals surface area (Å²) in [4.78, 5) is 2.56. The van der Waals surface area contributed by atoms with Gasteiger partial charge in [0.1, 0.15) is 24.7 Å². The quantitative estimate of drug-likeness (QED) is 0.880. The van der Waals surface area contributed by atoms with Crippen LogP contribution in [0.4, 0.5) is 0 Å². The highest BCUT2D eigenvalue weighted by molar-refractivity contribution is 5.45. The monoisotopic (exact) mass is 338 g/mol. The summed E-state index contributed by atoms with van der Waals surface area (Å²) < 4.78 is 11.9. The summed E-state index contributed by atoms with van der Waals surface area (Å²) in [5.41, 5.74) is 8.21. The van der Waals surface area contributed by atoms with E-state index < -0.39 is 0 Å². The van der Waals surface area contributed by atoms with Gasteiger partial charge >= 0.3 is 0 Å². The van der Waals surface area contributed by atoms with E-state index in [9.17, 15) is 0 Å². The largest absolute Gasteiger partial charge is 0.492 e. The Morgan fingerprint density at radius 3 is 2.68 bits per heavy atom. The Hall–Kier alpha value is -2.04. The molecule has 4 nitrogen and oxygen atoms in total. The number of nitrogens with zero attached hydrogens (tertiary/aromatic N) is 1. The molecule has 4 heteroatoms. The highest BCUT2D eigenvalue weighted by Crippen LogP contribution is 2.41. The molecular weight excluding hydrogens is 312 g/mol. The van der Waals surface area contributed by atoms with Crippen molar-refractivity contribution >= 4 is 0 Å². The minimum atomic E-state index is 0.424. The molecule has 0 bridgehead atoms. The molecule has 0 amide bonds. The zero-order valence-electron chi connectivity index (χ0n) is 14.6. The molecule has 0 radical (unpaired) electrons. The summed E-state index contributed by atoms with van der Waals surface area (Å²) in [6.07, 6.45) is 2.32. The van der Waals surface area contributed by atoms with E-state index in [1.165, 1.54) is 30.6 Å². The summed E-state index contributed by atoms with van der Waals surface area (Å²) in [7, 11) is 0. The molecule has 2 N–H and O–H groups in total. The summed E-state index contributed by atoms with van der Waals surface area (Å²) in [6.45, 7) is 4.19. The second-order valence-corrected chi connectivity index (χ2v) is 6.90. The van der Waals surface area contributed by atoms with Crippen LogP contribution in [0.1, 0.15) is 23.5 Å². The van der Waals surface area contributed by atoms with Gasteiger partial charge < -0.3 is 15.2 Å². The number of hydrogen-bond acceptors (Lipinski definition) is 4. The number of hydrogen-bond donors (Lipinski definition) is 1. The summed E-state index contributed by atoms with van der Waals surface area (Å²) in [5.74, 6) is 2.31. The van der Waals surface area contributed by atoms with Gasteiger partial charge in [0.05, 0.1) is 6.04 Å². The van der Waals surface area contributed by atoms with Crippen LogP contribution >= 0.6 is 0 Å². The van der Waals surface area contributed by atoms with Gasteiger partial charge in [-0.2, -0.15) is 0 Å². The Kier molecular flexibility index (Phi) is 4.90. The zero-order valence-corrected chi connectivity index (χ0v) is 14.6. The van der Waals surface area contributed by atoms with E-state index in [1.807, 2.05) is 12.1 Å². The SMILES string of the molecule is NCCOc1ccc2c(c1)C(Cc1ccccc1)C(N1CCC1)CO2. The van der Waals surface area contributed by atoms with Crippen molar-refractivity contribution in [3.05, 3.63) is 59.7 Å². The lowest BCUT2D eigenvalue weighted by Crippen LogP contribution is -2.52. The van der Waals surface area contributed by atoms with E-state index in [0.717, 1.165) is 24.5 Å². The van der Waals surface area contributed by atoms with Crippen LogP contribution in [0, 0.1) is 0 Å². The lowest BCUT2D eigenvalue weighted by atomic mass is 9.82. The van der Waals surface area contributed by atoms with Gasteiger partial charge in [0.15, 0.2) is 0 Å². The minimum Gasteiger partial charge on any atom is -0.492 e. The molecule has 2 aromatic rings. The van der Waals surface area contributed by atoms with Crippen LogP contribution in [0.5, 0.6) is 11.5 Å². The molecule has 2 aromatic carbocycles. The Morgan fingerprint density at radius 2 is 1.96 bits per heavy atom. The van der Waals surface area contributed by atoms with Crippen molar-refractivity contribution in [2.45, 2.75) is 24.8 Å². The van der Waals surface area contributed by atoms with Gasteiger partial charge in [0.2, 0.25) is 0 Å². The van der Waals surface area contributed by atoms with Crippen LogP contribution in [-0.4, -0.2) is 43.8 Å². The van der Waals surface area contributed by atoms with Crippen LogP contribution in [0.3, 0.4) is 0 Å². The standard InChI is InChI=1S/C21H26N2O2/c22-9-12-24-17-7-8-21-19(14-17)18(13-16-5-2-1-3-6-16)20(15-25-21)23-10-4-11-23/h1-3,5-8,14,18,20H,4,9-13,15,22H2. The van der Waals surface area contributed by atoms with Crippen LogP contribution in [0.15, 0.2) is 48.5 Å². The number of rotatable bonds is 6. The highest BCUT2D eigenvalue weighted by atomic mass is 16.5. The number of likely N-dealkylation sites (tertiary alicyclic amines) is 1. The molecule has 0 aromatic heterocycles. The van der Waals surface area contributed by atoms with Gasteiger partial charge in [0, 0.05) is 18.0 Å². The predicted molar refractivity (Wildman–Crippen MR) is 99.4 cm³/mol. The van der Waals surface area contributed by atoms with Crippen molar-refractivity contribution in [2.75, 3.05) is 32.8 Å². The van der Waals surface area contributed by atoms with Crippen molar-refractivity contribution in [3.63, 3.8) is 0 Å². The molecule has 0 spiro atoms. The second kappa shape index (κ2) is 7.46. The molecule has 1 fully saturated rings. The fourth-order valence-corrected chi connectivity index (χ4v) is 3.86. The molecular formula is C21H26N2O2. The van der Waals surface area contributed by atoms with E-state index in [1.54, 1.807) is 0 Å². The Balaban J connectivity index is 1.65. The van der Waals surface area contributed by atoms with Crippen molar-refractivity contribution in [3.8, 4) is 11.5 Å². The zero-order chi connectivity index (χ0) is 17.1. The first kappa shape index (κ1) is 16.4.